The van der Waals surface area contributed by atoms with E-state index in [1.165, 1.54) is 37.5 Å². The Balaban J connectivity index is 1.73. The van der Waals surface area contributed by atoms with Crippen molar-refractivity contribution < 1.29 is 0 Å². The maximum atomic E-state index is 6.69. The lowest BCUT2D eigenvalue weighted by Crippen LogP contribution is -1.78. The van der Waals surface area contributed by atoms with Crippen molar-refractivity contribution >= 4 is 44.5 Å². The Morgan fingerprint density at radius 2 is 1.12 bits per heavy atom. The van der Waals surface area contributed by atoms with E-state index in [9.17, 15) is 0 Å². The predicted molar refractivity (Wildman–Crippen MR) is 115 cm³/mol. The van der Waals surface area contributed by atoms with Gasteiger partial charge in [-0.05, 0) is 33.2 Å². The average Bonchev–Trinajstić information content (AvgIpc) is 3.08. The molecule has 0 aliphatic rings. The number of hydrogen-bond acceptors (Lipinski definition) is 1. The van der Waals surface area contributed by atoms with Crippen molar-refractivity contribution in [3.8, 4) is 20.9 Å². The Hall–Kier alpha value is -2.61. The molecule has 2 heteroatoms. The summed E-state index contributed by atoms with van der Waals surface area (Å²) in [6.07, 6.45) is 0. The number of halogens is 1. The fourth-order valence-electron chi connectivity index (χ4n) is 3.55. The highest BCUT2D eigenvalue weighted by molar-refractivity contribution is 7.19. The van der Waals surface area contributed by atoms with Crippen LogP contribution in [0.4, 0.5) is 0 Å². The molecule has 0 saturated carbocycles. The van der Waals surface area contributed by atoms with Crippen molar-refractivity contribution in [2.45, 2.75) is 0 Å². The van der Waals surface area contributed by atoms with Crippen LogP contribution in [-0.4, -0.2) is 0 Å². The van der Waals surface area contributed by atoms with Gasteiger partial charge in [0.05, 0.1) is 9.90 Å². The Morgan fingerprint density at radius 1 is 0.577 bits per heavy atom. The van der Waals surface area contributed by atoms with Crippen LogP contribution in [0.1, 0.15) is 0 Å². The van der Waals surface area contributed by atoms with Crippen molar-refractivity contribution in [1.82, 2.24) is 0 Å². The van der Waals surface area contributed by atoms with Crippen LogP contribution in [0.15, 0.2) is 91.0 Å². The van der Waals surface area contributed by atoms with Crippen molar-refractivity contribution in [3.05, 3.63) is 96.0 Å². The topological polar surface area (TPSA) is 0 Å². The van der Waals surface area contributed by atoms with Crippen molar-refractivity contribution in [1.29, 1.82) is 0 Å². The van der Waals surface area contributed by atoms with Gasteiger partial charge in [0, 0.05) is 10.4 Å². The Bertz CT molecular complexity index is 1240. The molecule has 0 amide bonds. The minimum Gasteiger partial charge on any atom is -0.134 e. The maximum absolute atomic E-state index is 6.69. The zero-order valence-corrected chi connectivity index (χ0v) is 15.5. The van der Waals surface area contributed by atoms with E-state index in [4.69, 9.17) is 11.6 Å². The fraction of sp³-hybridized carbons (Fsp3) is 0. The van der Waals surface area contributed by atoms with E-state index < -0.39 is 0 Å². The molecule has 0 fully saturated rings. The molecule has 0 unspecified atom stereocenters. The highest BCUT2D eigenvalue weighted by atomic mass is 35.5. The van der Waals surface area contributed by atoms with Gasteiger partial charge < -0.3 is 0 Å². The Kier molecular flexibility index (Phi) is 3.77. The highest BCUT2D eigenvalue weighted by Gasteiger charge is 2.14. The standard InChI is InChI=1S/C24H15ClS/c25-22-15-23(20-13-5-9-16-7-1-3-11-18(16)20)26-24(22)21-14-6-10-17-8-2-4-12-19(17)21/h1-15H. The van der Waals surface area contributed by atoms with Crippen molar-refractivity contribution in [3.63, 3.8) is 0 Å². The zero-order chi connectivity index (χ0) is 17.5. The van der Waals surface area contributed by atoms with Crippen LogP contribution in [0.3, 0.4) is 0 Å². The minimum atomic E-state index is 0.814. The monoisotopic (exact) mass is 370 g/mol. The van der Waals surface area contributed by atoms with Gasteiger partial charge in [-0.15, -0.1) is 11.3 Å². The van der Waals surface area contributed by atoms with Crippen molar-refractivity contribution in [2.24, 2.45) is 0 Å². The molecule has 5 rings (SSSR count). The first kappa shape index (κ1) is 15.6. The van der Waals surface area contributed by atoms with E-state index in [0.717, 1.165) is 9.90 Å². The molecule has 0 nitrogen and oxygen atoms in total. The minimum absolute atomic E-state index is 0.814. The van der Waals surface area contributed by atoms with Gasteiger partial charge in [-0.3, -0.25) is 0 Å². The summed E-state index contributed by atoms with van der Waals surface area (Å²) in [5.41, 5.74) is 2.44. The number of rotatable bonds is 2. The molecule has 0 spiro atoms. The molecule has 124 valence electrons. The molecular weight excluding hydrogens is 356 g/mol. The SMILES string of the molecule is Clc1cc(-c2cccc3ccccc23)sc1-c1cccc2ccccc12. The van der Waals surface area contributed by atoms with Crippen LogP contribution < -0.4 is 0 Å². The summed E-state index contributed by atoms with van der Waals surface area (Å²) in [6.45, 7) is 0. The van der Waals surface area contributed by atoms with E-state index in [1.54, 1.807) is 11.3 Å². The molecule has 0 N–H and O–H groups in total. The van der Waals surface area contributed by atoms with Crippen LogP contribution in [0, 0.1) is 0 Å². The molecule has 0 bridgehead atoms. The summed E-state index contributed by atoms with van der Waals surface area (Å²) in [4.78, 5) is 2.33. The van der Waals surface area contributed by atoms with Gasteiger partial charge in [0.1, 0.15) is 0 Å². The third kappa shape index (κ3) is 2.52. The summed E-state index contributed by atoms with van der Waals surface area (Å²) in [7, 11) is 0. The Morgan fingerprint density at radius 3 is 1.81 bits per heavy atom. The Labute approximate surface area is 161 Å². The van der Waals surface area contributed by atoms with E-state index in [0.29, 0.717) is 0 Å². The molecular formula is C24H15ClS. The lowest BCUT2D eigenvalue weighted by molar-refractivity contribution is 1.73. The van der Waals surface area contributed by atoms with Crippen LogP contribution in [0.25, 0.3) is 42.4 Å². The van der Waals surface area contributed by atoms with Crippen molar-refractivity contribution in [2.75, 3.05) is 0 Å². The summed E-state index contributed by atoms with van der Waals surface area (Å²) in [5, 5.41) is 5.80. The summed E-state index contributed by atoms with van der Waals surface area (Å²) in [6, 6.07) is 31.9. The van der Waals surface area contributed by atoms with Gasteiger partial charge in [0.25, 0.3) is 0 Å². The smallest absolute Gasteiger partial charge is 0.0598 e. The second-order valence-electron chi connectivity index (χ2n) is 6.34. The summed E-state index contributed by atoms with van der Waals surface area (Å²) in [5.74, 6) is 0. The third-order valence-electron chi connectivity index (χ3n) is 4.78. The van der Waals surface area contributed by atoms with Crippen LogP contribution >= 0.6 is 22.9 Å². The maximum Gasteiger partial charge on any atom is 0.0598 e. The number of hydrogen-bond donors (Lipinski definition) is 0. The third-order valence-corrected chi connectivity index (χ3v) is 6.39. The number of thiophene rings is 1. The second-order valence-corrected chi connectivity index (χ2v) is 7.80. The van der Waals surface area contributed by atoms with E-state index >= 15 is 0 Å². The second kappa shape index (κ2) is 6.28. The molecule has 0 saturated heterocycles. The van der Waals surface area contributed by atoms with Crippen LogP contribution in [0.2, 0.25) is 5.02 Å². The van der Waals surface area contributed by atoms with Gasteiger partial charge >= 0.3 is 0 Å². The van der Waals surface area contributed by atoms with Crippen LogP contribution in [0.5, 0.6) is 0 Å². The molecule has 0 radical (unpaired) electrons. The quantitative estimate of drug-likeness (QED) is 0.295. The van der Waals surface area contributed by atoms with E-state index in [-0.39, 0.29) is 0 Å². The fourth-order valence-corrected chi connectivity index (χ4v) is 5.07. The summed E-state index contributed by atoms with van der Waals surface area (Å²) < 4.78 is 0. The van der Waals surface area contributed by atoms with E-state index in [1.807, 2.05) is 0 Å². The number of benzene rings is 4. The van der Waals surface area contributed by atoms with Gasteiger partial charge in [-0.1, -0.05) is 96.5 Å². The summed E-state index contributed by atoms with van der Waals surface area (Å²) >= 11 is 8.45. The molecule has 0 aliphatic carbocycles. The molecule has 1 heterocycles. The van der Waals surface area contributed by atoms with Gasteiger partial charge in [0.2, 0.25) is 0 Å². The molecule has 0 atom stereocenters. The first-order valence-electron chi connectivity index (χ1n) is 8.57. The average molecular weight is 371 g/mol. The molecule has 0 aliphatic heterocycles. The van der Waals surface area contributed by atoms with Gasteiger partial charge in [-0.25, -0.2) is 0 Å². The zero-order valence-electron chi connectivity index (χ0n) is 13.9. The first-order chi connectivity index (χ1) is 12.8. The normalized spacial score (nSPS) is 11.3. The van der Waals surface area contributed by atoms with Crippen LogP contribution in [-0.2, 0) is 0 Å². The molecule has 26 heavy (non-hydrogen) atoms. The van der Waals surface area contributed by atoms with Gasteiger partial charge in [-0.2, -0.15) is 0 Å². The lowest BCUT2D eigenvalue weighted by Gasteiger charge is -2.05. The largest absolute Gasteiger partial charge is 0.134 e. The molecule has 4 aromatic carbocycles. The van der Waals surface area contributed by atoms with E-state index in [2.05, 4.69) is 91.0 Å². The predicted octanol–water partition coefficient (Wildman–Crippen LogP) is 8.04. The highest BCUT2D eigenvalue weighted by Crippen LogP contribution is 2.44. The lowest BCUT2D eigenvalue weighted by atomic mass is 10.0. The molecule has 1 aromatic heterocycles. The molecule has 5 aromatic rings. The number of fused-ring (bicyclic) bond motifs is 2. The van der Waals surface area contributed by atoms with Gasteiger partial charge in [0.15, 0.2) is 0 Å². The first-order valence-corrected chi connectivity index (χ1v) is 9.76.